The number of hydrogen-bond donors (Lipinski definition) is 0. The average Bonchev–Trinajstić information content (AvgIpc) is 2.52. The zero-order valence-electron chi connectivity index (χ0n) is 18.2. The molecule has 0 aliphatic heterocycles. The molecule has 0 amide bonds. The van der Waals surface area contributed by atoms with E-state index < -0.39 is 0 Å². The smallest absolute Gasteiger partial charge is 0.293 e. The molecule has 0 atom stereocenters. The molecule has 1 aromatic rings. The van der Waals surface area contributed by atoms with Gasteiger partial charge in [-0.3, -0.25) is 4.79 Å². The van der Waals surface area contributed by atoms with Gasteiger partial charge >= 0.3 is 0 Å². The number of ether oxygens (including phenoxy) is 1. The zero-order chi connectivity index (χ0) is 19.8. The fourth-order valence-corrected chi connectivity index (χ4v) is 3.50. The van der Waals surface area contributed by atoms with Crippen LogP contribution in [-0.2, 0) is 22.4 Å². The van der Waals surface area contributed by atoms with E-state index in [1.165, 1.54) is 47.9 Å². The summed E-state index contributed by atoms with van der Waals surface area (Å²) in [6.45, 7) is 16.0. The van der Waals surface area contributed by atoms with Gasteiger partial charge in [0.2, 0.25) is 0 Å². The summed E-state index contributed by atoms with van der Waals surface area (Å²) >= 11 is 0. The van der Waals surface area contributed by atoms with Crippen molar-refractivity contribution in [3.63, 3.8) is 0 Å². The Morgan fingerprint density at radius 2 is 1.27 bits per heavy atom. The van der Waals surface area contributed by atoms with Crippen molar-refractivity contribution >= 4 is 6.47 Å². The molecule has 1 rings (SSSR count). The fraction of sp³-hybridized carbons (Fsp3) is 0.708. The van der Waals surface area contributed by atoms with Gasteiger partial charge in [0.1, 0.15) is 5.60 Å². The molecule has 0 saturated heterocycles. The topological polar surface area (TPSA) is 26.3 Å². The highest BCUT2D eigenvalue weighted by molar-refractivity contribution is 5.39. The number of aryl methyl sites for hydroxylation is 2. The van der Waals surface area contributed by atoms with Crippen molar-refractivity contribution in [3.8, 4) is 0 Å². The first-order chi connectivity index (χ1) is 12.1. The maximum absolute atomic E-state index is 10.5. The van der Waals surface area contributed by atoms with E-state index in [1.54, 1.807) is 0 Å². The molecule has 0 aliphatic rings. The molecule has 0 spiro atoms. The monoisotopic (exact) mass is 360 g/mol. The summed E-state index contributed by atoms with van der Waals surface area (Å²) in [5.41, 5.74) is 6.02. The quantitative estimate of drug-likeness (QED) is 0.323. The second-order valence-corrected chi connectivity index (χ2v) is 9.58. The minimum absolute atomic E-state index is 0.344. The lowest BCUT2D eigenvalue weighted by Crippen LogP contribution is -2.23. The van der Waals surface area contributed by atoms with Crippen molar-refractivity contribution in [3.05, 3.63) is 34.4 Å². The number of rotatable bonds is 11. The first-order valence-electron chi connectivity index (χ1n) is 10.3. The van der Waals surface area contributed by atoms with E-state index in [0.29, 0.717) is 11.9 Å². The van der Waals surface area contributed by atoms with Gasteiger partial charge in [0.05, 0.1) is 0 Å². The molecule has 1 aromatic carbocycles. The molecule has 0 unspecified atom stereocenters. The molecule has 2 heteroatoms. The fourth-order valence-electron chi connectivity index (χ4n) is 3.50. The Labute approximate surface area is 161 Å². The summed E-state index contributed by atoms with van der Waals surface area (Å²) < 4.78 is 5.13. The normalized spacial score (nSPS) is 12.3. The van der Waals surface area contributed by atoms with Gasteiger partial charge in [0.25, 0.3) is 6.47 Å². The highest BCUT2D eigenvalue weighted by Gasteiger charge is 2.18. The van der Waals surface area contributed by atoms with Crippen LogP contribution in [0.4, 0.5) is 0 Å². The highest BCUT2D eigenvalue weighted by atomic mass is 16.5. The third kappa shape index (κ3) is 8.38. The predicted octanol–water partition coefficient (Wildman–Crippen LogP) is 6.73. The summed E-state index contributed by atoms with van der Waals surface area (Å²) in [6.07, 6.45) is 9.31. The molecule has 0 N–H and O–H groups in total. The van der Waals surface area contributed by atoms with Crippen molar-refractivity contribution in [2.75, 3.05) is 0 Å². The van der Waals surface area contributed by atoms with Crippen LogP contribution in [0.25, 0.3) is 0 Å². The Bertz CT molecular complexity index is 564. The van der Waals surface area contributed by atoms with E-state index in [4.69, 9.17) is 4.74 Å². The lowest BCUT2D eigenvalue weighted by Gasteiger charge is -2.22. The first kappa shape index (κ1) is 22.7. The predicted molar refractivity (Wildman–Crippen MR) is 112 cm³/mol. The Balaban J connectivity index is 2.49. The molecule has 0 fully saturated rings. The van der Waals surface area contributed by atoms with Gasteiger partial charge in [0.15, 0.2) is 0 Å². The third-order valence-corrected chi connectivity index (χ3v) is 5.48. The lowest BCUT2D eigenvalue weighted by atomic mass is 9.88. The van der Waals surface area contributed by atoms with Crippen LogP contribution in [0.15, 0.2) is 12.1 Å². The molecule has 26 heavy (non-hydrogen) atoms. The van der Waals surface area contributed by atoms with Crippen molar-refractivity contribution in [1.82, 2.24) is 0 Å². The summed E-state index contributed by atoms with van der Waals surface area (Å²) in [4.78, 5) is 10.5. The Morgan fingerprint density at radius 1 is 0.808 bits per heavy atom. The Morgan fingerprint density at radius 3 is 1.69 bits per heavy atom. The van der Waals surface area contributed by atoms with Crippen LogP contribution < -0.4 is 0 Å². The van der Waals surface area contributed by atoms with Crippen LogP contribution in [0.2, 0.25) is 0 Å². The molecule has 0 aliphatic carbocycles. The summed E-state index contributed by atoms with van der Waals surface area (Å²) in [7, 11) is 0. The van der Waals surface area contributed by atoms with Crippen molar-refractivity contribution < 1.29 is 9.53 Å². The Hall–Kier alpha value is -1.31. The van der Waals surface area contributed by atoms with Crippen LogP contribution in [-0.4, -0.2) is 12.1 Å². The average molecular weight is 361 g/mol. The number of carbonyl (C=O) groups is 1. The van der Waals surface area contributed by atoms with E-state index >= 15 is 0 Å². The van der Waals surface area contributed by atoms with Gasteiger partial charge in [-0.25, -0.2) is 0 Å². The van der Waals surface area contributed by atoms with E-state index in [-0.39, 0.29) is 5.60 Å². The molecule has 0 bridgehead atoms. The van der Waals surface area contributed by atoms with Crippen LogP contribution in [0.1, 0.15) is 95.4 Å². The molecule has 0 radical (unpaired) electrons. The minimum atomic E-state index is -0.344. The zero-order valence-corrected chi connectivity index (χ0v) is 18.2. The molecule has 2 nitrogen and oxygen atoms in total. The van der Waals surface area contributed by atoms with Crippen molar-refractivity contribution in [1.29, 1.82) is 0 Å². The van der Waals surface area contributed by atoms with E-state index in [2.05, 4.69) is 46.8 Å². The second-order valence-electron chi connectivity index (χ2n) is 9.58. The molecule has 0 heterocycles. The summed E-state index contributed by atoms with van der Waals surface area (Å²) in [5.74, 6) is 0. The maximum atomic E-state index is 10.5. The number of benzene rings is 1. The number of carbonyl (C=O) groups excluding carboxylic acids is 1. The van der Waals surface area contributed by atoms with Gasteiger partial charge < -0.3 is 4.74 Å². The second kappa shape index (κ2) is 10.1. The van der Waals surface area contributed by atoms with Gasteiger partial charge in [-0.2, -0.15) is 0 Å². The van der Waals surface area contributed by atoms with E-state index in [9.17, 15) is 4.79 Å². The molecular weight excluding hydrogens is 320 g/mol. The SMILES string of the molecule is Cc1c(CCCCC(C)(C)C)ccc(CCCCC(C)(C)OC=O)c1C. The standard InChI is InChI=1S/C24H40O2/c1-19-20(2)22(13-9-11-17-24(6,7)26-18-25)15-14-21(19)12-8-10-16-23(3,4)5/h14-15,18H,8-13,16-17H2,1-7H3. The van der Waals surface area contributed by atoms with Crippen LogP contribution in [0.5, 0.6) is 0 Å². The van der Waals surface area contributed by atoms with Crippen molar-refractivity contribution in [2.24, 2.45) is 5.41 Å². The molecule has 148 valence electrons. The number of unbranched alkanes of at least 4 members (excludes halogenated alkanes) is 2. The van der Waals surface area contributed by atoms with Gasteiger partial charge in [-0.15, -0.1) is 0 Å². The van der Waals surface area contributed by atoms with Gasteiger partial charge in [-0.05, 0) is 100 Å². The molecule has 0 saturated carbocycles. The lowest BCUT2D eigenvalue weighted by molar-refractivity contribution is -0.140. The molecule has 0 aromatic heterocycles. The van der Waals surface area contributed by atoms with E-state index in [0.717, 1.165) is 25.7 Å². The highest BCUT2D eigenvalue weighted by Crippen LogP contribution is 2.25. The first-order valence-corrected chi connectivity index (χ1v) is 10.3. The minimum Gasteiger partial charge on any atom is -0.462 e. The van der Waals surface area contributed by atoms with E-state index in [1.807, 2.05) is 13.8 Å². The number of hydrogen-bond acceptors (Lipinski definition) is 2. The largest absolute Gasteiger partial charge is 0.462 e. The third-order valence-electron chi connectivity index (χ3n) is 5.48. The van der Waals surface area contributed by atoms with Gasteiger partial charge in [0, 0.05) is 0 Å². The summed E-state index contributed by atoms with van der Waals surface area (Å²) in [6, 6.07) is 4.67. The van der Waals surface area contributed by atoms with Crippen molar-refractivity contribution in [2.45, 2.75) is 105 Å². The van der Waals surface area contributed by atoms with Crippen LogP contribution in [0, 0.1) is 19.3 Å². The molecular formula is C24H40O2. The van der Waals surface area contributed by atoms with Gasteiger partial charge in [-0.1, -0.05) is 39.3 Å². The Kier molecular flexibility index (Phi) is 8.86. The van der Waals surface area contributed by atoms with Crippen LogP contribution in [0.3, 0.4) is 0 Å². The maximum Gasteiger partial charge on any atom is 0.293 e. The van der Waals surface area contributed by atoms with Crippen LogP contribution >= 0.6 is 0 Å². The summed E-state index contributed by atoms with van der Waals surface area (Å²) in [5, 5.41) is 0.